The molecule has 0 unspecified atom stereocenters. The summed E-state index contributed by atoms with van der Waals surface area (Å²) in [5.41, 5.74) is 0. The van der Waals surface area contributed by atoms with Crippen molar-refractivity contribution >= 4 is 17.7 Å². The van der Waals surface area contributed by atoms with Crippen LogP contribution in [-0.2, 0) is 4.79 Å². The molecule has 1 aliphatic heterocycles. The van der Waals surface area contributed by atoms with E-state index in [9.17, 15) is 4.79 Å². The molecule has 4 heteroatoms. The van der Waals surface area contributed by atoms with Crippen molar-refractivity contribution in [1.82, 2.24) is 10.2 Å². The van der Waals surface area contributed by atoms with E-state index >= 15 is 0 Å². The first kappa shape index (κ1) is 7.88. The van der Waals surface area contributed by atoms with E-state index in [-0.39, 0.29) is 5.91 Å². The maximum atomic E-state index is 10.9. The van der Waals surface area contributed by atoms with E-state index in [1.807, 2.05) is 11.2 Å². The van der Waals surface area contributed by atoms with Gasteiger partial charge in [-0.3, -0.25) is 10.1 Å². The average Bonchev–Trinajstić information content (AvgIpc) is 2.31. The molecule has 0 aromatic rings. The Kier molecular flexibility index (Phi) is 3.02. The lowest BCUT2D eigenvalue weighted by atomic mass is 10.5. The summed E-state index contributed by atoms with van der Waals surface area (Å²) in [6.45, 7) is 2.14. The van der Waals surface area contributed by atoms with Crippen LogP contribution < -0.4 is 5.32 Å². The monoisotopic (exact) mass is 160 g/mol. The van der Waals surface area contributed by atoms with Gasteiger partial charge in [0, 0.05) is 12.3 Å². The first-order chi connectivity index (χ1) is 4.84. The average molecular weight is 160 g/mol. The molecule has 1 amide bonds. The highest BCUT2D eigenvalue weighted by Gasteiger charge is 2.17. The number of carbonyl (C=O) groups excluding carboxylic acids is 1. The zero-order valence-electron chi connectivity index (χ0n) is 6.09. The summed E-state index contributed by atoms with van der Waals surface area (Å²) < 4.78 is 0. The van der Waals surface area contributed by atoms with Gasteiger partial charge in [-0.1, -0.05) is 0 Å². The predicted octanol–water partition coefficient (Wildman–Crippen LogP) is -0.261. The van der Waals surface area contributed by atoms with Crippen LogP contribution in [0.15, 0.2) is 0 Å². The molecule has 1 fully saturated rings. The summed E-state index contributed by atoms with van der Waals surface area (Å²) in [6.07, 6.45) is 2.05. The minimum absolute atomic E-state index is 0.231. The second-order valence-electron chi connectivity index (χ2n) is 2.23. The maximum absolute atomic E-state index is 10.9. The number of nitrogens with one attached hydrogen (secondary N) is 1. The fraction of sp³-hybridized carbons (Fsp3) is 0.833. The molecule has 0 atom stereocenters. The highest BCUT2D eigenvalue weighted by Crippen LogP contribution is 1.98. The first-order valence-corrected chi connectivity index (χ1v) is 4.71. The van der Waals surface area contributed by atoms with Crippen molar-refractivity contribution in [2.24, 2.45) is 0 Å². The van der Waals surface area contributed by atoms with Crippen LogP contribution in [0.2, 0.25) is 0 Å². The van der Waals surface area contributed by atoms with Crippen LogP contribution in [0.5, 0.6) is 0 Å². The molecule has 10 heavy (non-hydrogen) atoms. The second-order valence-corrected chi connectivity index (χ2v) is 3.22. The molecule has 1 saturated heterocycles. The molecule has 1 aliphatic rings. The highest BCUT2D eigenvalue weighted by molar-refractivity contribution is 7.98. The van der Waals surface area contributed by atoms with E-state index in [1.54, 1.807) is 11.8 Å². The van der Waals surface area contributed by atoms with Crippen LogP contribution in [0, 0.1) is 0 Å². The minimum Gasteiger partial charge on any atom is -0.328 e. The number of rotatable bonds is 3. The smallest absolute Gasteiger partial charge is 0.237 e. The third kappa shape index (κ3) is 1.88. The maximum Gasteiger partial charge on any atom is 0.237 e. The topological polar surface area (TPSA) is 32.3 Å². The standard InChI is InChI=1S/C6H12N2OS/c1-10-3-2-8-5-7-4-6(8)9/h7H,2-5H2,1H3. The third-order valence-electron chi connectivity index (χ3n) is 1.50. The minimum atomic E-state index is 0.231. The molecule has 0 aliphatic carbocycles. The van der Waals surface area contributed by atoms with Crippen LogP contribution >= 0.6 is 11.8 Å². The van der Waals surface area contributed by atoms with Gasteiger partial charge in [0.2, 0.25) is 5.91 Å². The molecule has 0 saturated carbocycles. The molecule has 0 spiro atoms. The number of amides is 1. The zero-order valence-corrected chi connectivity index (χ0v) is 6.91. The van der Waals surface area contributed by atoms with Crippen molar-refractivity contribution in [2.45, 2.75) is 0 Å². The Morgan fingerprint density at radius 1 is 1.80 bits per heavy atom. The summed E-state index contributed by atoms with van der Waals surface area (Å²) in [6, 6.07) is 0. The van der Waals surface area contributed by atoms with E-state index < -0.39 is 0 Å². The molecule has 3 nitrogen and oxygen atoms in total. The van der Waals surface area contributed by atoms with E-state index in [1.165, 1.54) is 0 Å². The lowest BCUT2D eigenvalue weighted by molar-refractivity contribution is -0.126. The van der Waals surface area contributed by atoms with Crippen LogP contribution in [0.3, 0.4) is 0 Å². The van der Waals surface area contributed by atoms with Crippen molar-refractivity contribution in [3.05, 3.63) is 0 Å². The van der Waals surface area contributed by atoms with Crippen LogP contribution in [0.25, 0.3) is 0 Å². The van der Waals surface area contributed by atoms with Gasteiger partial charge in [0.1, 0.15) is 0 Å². The molecular formula is C6H12N2OS. The van der Waals surface area contributed by atoms with Gasteiger partial charge in [-0.2, -0.15) is 11.8 Å². The van der Waals surface area contributed by atoms with Crippen molar-refractivity contribution < 1.29 is 4.79 Å². The number of thioether (sulfide) groups is 1. The van der Waals surface area contributed by atoms with Gasteiger partial charge in [-0.05, 0) is 6.26 Å². The molecule has 0 radical (unpaired) electrons. The van der Waals surface area contributed by atoms with Crippen molar-refractivity contribution in [3.8, 4) is 0 Å². The lowest BCUT2D eigenvalue weighted by Gasteiger charge is -2.12. The van der Waals surface area contributed by atoms with E-state index in [4.69, 9.17) is 0 Å². The first-order valence-electron chi connectivity index (χ1n) is 3.32. The predicted molar refractivity (Wildman–Crippen MR) is 43.0 cm³/mol. The molecule has 0 aromatic heterocycles. The Morgan fingerprint density at radius 2 is 2.60 bits per heavy atom. The Morgan fingerprint density at radius 3 is 3.10 bits per heavy atom. The fourth-order valence-electron chi connectivity index (χ4n) is 0.903. The Hall–Kier alpha value is -0.220. The van der Waals surface area contributed by atoms with Gasteiger partial charge in [0.05, 0.1) is 13.2 Å². The Balaban J connectivity index is 2.20. The lowest BCUT2D eigenvalue weighted by Crippen LogP contribution is -2.28. The highest BCUT2D eigenvalue weighted by atomic mass is 32.2. The summed E-state index contributed by atoms with van der Waals surface area (Å²) >= 11 is 1.77. The SMILES string of the molecule is CSCCN1CNCC1=O. The zero-order chi connectivity index (χ0) is 7.40. The molecule has 1 heterocycles. The molecule has 1 N–H and O–H groups in total. The van der Waals surface area contributed by atoms with Crippen LogP contribution in [0.1, 0.15) is 0 Å². The number of hydrogen-bond acceptors (Lipinski definition) is 3. The van der Waals surface area contributed by atoms with Crippen molar-refractivity contribution in [3.63, 3.8) is 0 Å². The van der Waals surface area contributed by atoms with Gasteiger partial charge in [0.15, 0.2) is 0 Å². The molecule has 0 aromatic carbocycles. The summed E-state index contributed by atoms with van der Waals surface area (Å²) in [4.78, 5) is 12.8. The molecule has 58 valence electrons. The Labute approximate surface area is 65.2 Å². The van der Waals surface area contributed by atoms with Gasteiger partial charge in [-0.25, -0.2) is 0 Å². The quantitative estimate of drug-likeness (QED) is 0.617. The molecule has 1 rings (SSSR count). The van der Waals surface area contributed by atoms with Crippen molar-refractivity contribution in [1.29, 1.82) is 0 Å². The number of nitrogens with zero attached hydrogens (tertiary/aromatic N) is 1. The summed E-state index contributed by atoms with van der Waals surface area (Å²) in [5, 5.41) is 3.00. The third-order valence-corrected chi connectivity index (χ3v) is 2.09. The van der Waals surface area contributed by atoms with Gasteiger partial charge < -0.3 is 4.90 Å². The van der Waals surface area contributed by atoms with Crippen molar-refractivity contribution in [2.75, 3.05) is 31.8 Å². The Bertz CT molecular complexity index is 129. The van der Waals surface area contributed by atoms with Gasteiger partial charge >= 0.3 is 0 Å². The largest absolute Gasteiger partial charge is 0.328 e. The fourth-order valence-corrected chi connectivity index (χ4v) is 1.31. The second kappa shape index (κ2) is 3.83. The van der Waals surface area contributed by atoms with Gasteiger partial charge in [-0.15, -0.1) is 0 Å². The molecular weight excluding hydrogens is 148 g/mol. The van der Waals surface area contributed by atoms with Gasteiger partial charge in [0.25, 0.3) is 0 Å². The van der Waals surface area contributed by atoms with Crippen LogP contribution in [-0.4, -0.2) is 42.6 Å². The normalized spacial score (nSPS) is 18.5. The molecule has 0 bridgehead atoms. The van der Waals surface area contributed by atoms with E-state index in [2.05, 4.69) is 5.32 Å². The van der Waals surface area contributed by atoms with Crippen LogP contribution in [0.4, 0.5) is 0 Å². The number of carbonyl (C=O) groups is 1. The summed E-state index contributed by atoms with van der Waals surface area (Å²) in [7, 11) is 0. The number of hydrogen-bond donors (Lipinski definition) is 1. The van der Waals surface area contributed by atoms with E-state index in [0.29, 0.717) is 6.54 Å². The van der Waals surface area contributed by atoms with E-state index in [0.717, 1.165) is 19.0 Å². The summed E-state index contributed by atoms with van der Waals surface area (Å²) in [5.74, 6) is 1.27.